The van der Waals surface area contributed by atoms with Gasteiger partial charge in [0, 0.05) is 175 Å². The Bertz CT molecular complexity index is 3120. The summed E-state index contributed by atoms with van der Waals surface area (Å²) in [5.41, 5.74) is 24.6. The highest BCUT2D eigenvalue weighted by Crippen LogP contribution is 2.20. The van der Waals surface area contributed by atoms with E-state index in [2.05, 4.69) is 73.5 Å². The number of aromatic nitrogens is 3. The van der Waals surface area contributed by atoms with E-state index < -0.39 is 53.5 Å². The van der Waals surface area contributed by atoms with Crippen LogP contribution in [-0.4, -0.2) is 221 Å². The van der Waals surface area contributed by atoms with Gasteiger partial charge in [-0.2, -0.15) is 13.2 Å². The van der Waals surface area contributed by atoms with Gasteiger partial charge in [0.25, 0.3) is 35.4 Å². The van der Waals surface area contributed by atoms with E-state index >= 15 is 0 Å². The van der Waals surface area contributed by atoms with E-state index in [1.807, 2.05) is 6.92 Å². The molecule has 4 N–H and O–H groups in total. The van der Waals surface area contributed by atoms with Crippen molar-refractivity contribution in [3.05, 3.63) is 67.5 Å². The van der Waals surface area contributed by atoms with Gasteiger partial charge in [0.1, 0.15) is 0 Å². The maximum Gasteiger partial charge on any atom is 0.471 e. The van der Waals surface area contributed by atoms with E-state index in [1.54, 1.807) is 24.7 Å². The number of amides is 14. The number of halogens is 5. The Kier molecular flexibility index (Phi) is 49.8. The molecule has 5 aliphatic heterocycles. The molecule has 6 heterocycles. The first-order valence-corrected chi connectivity index (χ1v) is 31.1. The zero-order chi connectivity index (χ0) is 76.7. The lowest BCUT2D eigenvalue weighted by atomic mass is 10.0. The van der Waals surface area contributed by atoms with Crippen molar-refractivity contribution in [3.63, 3.8) is 0 Å². The standard InChI is InChI=1S/C12H17N5O3.C11H10N2O6.C10H15N5O3.C9H11N5O3.C4H5F3N4O.2C4H8.C3H4.2CH3F/c1-9-8-16(15-14-9)7-5-13-10(18)4-6-17-11(19)2-3-12(17)20;14-7-1-2-8(15)12(7)6-5-11(18)19-13-9(16)3-4-10(13)17;1-7-6-9(17)15(10(7)18)5-2-8(16)12-3-4-13-14-11;10-13-12-5-4-11-7(15)3-6-14-8(16)1-2-9(14)17;5-4(6,7)3(12)9-1-2-10-11-8;2*1-2-4-3-1;1-3-2;2*1-2/h8H,2-7H2,1H3,(H,13,18);1-2H,3-6H2;7H,2-6H2,1H3,(H,12,16);1-2H,3-6H2,(H,11,15);1-2H2,(H,9,12);2*1-4H2;1H,2H3;2*1H3. The lowest BCUT2D eigenvalue weighted by Crippen LogP contribution is -2.37. The number of hydroxylamine groups is 2. The lowest BCUT2D eigenvalue weighted by molar-refractivity contribution is -0.197. The fraction of sp³-hybridized carbons (Fsp3) is 0.610. The van der Waals surface area contributed by atoms with E-state index in [-0.39, 0.29) is 171 Å². The zero-order valence-electron chi connectivity index (χ0n) is 56.6. The summed E-state index contributed by atoms with van der Waals surface area (Å²) in [6.07, 6.45) is 18.8. The first-order valence-electron chi connectivity index (χ1n) is 31.1. The average Bonchev–Trinajstić information content (AvgIpc) is 1.72. The summed E-state index contributed by atoms with van der Waals surface area (Å²) < 4.78 is 55.0. The van der Waals surface area contributed by atoms with Gasteiger partial charge in [-0.15, -0.1) is 22.5 Å². The zero-order valence-corrected chi connectivity index (χ0v) is 56.6. The first-order chi connectivity index (χ1) is 48.1. The summed E-state index contributed by atoms with van der Waals surface area (Å²) in [5.74, 6) is -5.49. The third-order valence-corrected chi connectivity index (χ3v) is 13.2. The molecule has 2 aliphatic carbocycles. The minimum absolute atomic E-state index is 0.0130. The second-order valence-corrected chi connectivity index (χ2v) is 20.7. The second kappa shape index (κ2) is 54.8. The largest absolute Gasteiger partial charge is 0.471 e. The van der Waals surface area contributed by atoms with Crippen molar-refractivity contribution in [2.75, 3.05) is 86.3 Å². The van der Waals surface area contributed by atoms with Crippen molar-refractivity contribution < 1.29 is 98.7 Å². The number of likely N-dealkylation sites (tertiary alicyclic amines) is 2. The first kappa shape index (κ1) is 91.9. The number of carbonyl (C=O) groups excluding carboxylic acids is 15. The van der Waals surface area contributed by atoms with Crippen LogP contribution in [0, 0.1) is 25.2 Å². The molecule has 1 unspecified atom stereocenters. The van der Waals surface area contributed by atoms with Crippen LogP contribution in [0.5, 0.6) is 0 Å². The van der Waals surface area contributed by atoms with Gasteiger partial charge in [0.15, 0.2) is 0 Å². The van der Waals surface area contributed by atoms with Crippen LogP contribution in [-0.2, 0) is 83.3 Å². The summed E-state index contributed by atoms with van der Waals surface area (Å²) in [7, 11) is 1.00. The number of imide groups is 5. The van der Waals surface area contributed by atoms with Crippen molar-refractivity contribution in [2.24, 2.45) is 21.3 Å². The number of nitrogens with one attached hydrogen (secondary N) is 4. The Morgan fingerprint density at radius 2 is 0.901 bits per heavy atom. The normalized spacial score (nSPS) is 15.5. The van der Waals surface area contributed by atoms with E-state index in [0.29, 0.717) is 32.5 Å². The smallest absolute Gasteiger partial charge is 0.356 e. The van der Waals surface area contributed by atoms with Crippen LogP contribution in [0.3, 0.4) is 0 Å². The van der Waals surface area contributed by atoms with Gasteiger partial charge in [-0.1, -0.05) is 78.8 Å². The molecule has 0 radical (unpaired) electrons. The highest BCUT2D eigenvalue weighted by atomic mass is 19.4. The summed E-state index contributed by atoms with van der Waals surface area (Å²) in [5, 5.41) is 26.8. The van der Waals surface area contributed by atoms with Crippen LogP contribution in [0.1, 0.15) is 129 Å². The number of carbonyl (C=O) groups is 15. The molecule has 1 atom stereocenters. The van der Waals surface area contributed by atoms with Crippen molar-refractivity contribution >= 4 is 88.7 Å². The molecule has 3 saturated heterocycles. The monoisotopic (exact) mass is 1440 g/mol. The minimum atomic E-state index is -4.88. The number of terminal acetylenes is 1. The van der Waals surface area contributed by atoms with Gasteiger partial charge in [-0.3, -0.25) is 100 Å². The van der Waals surface area contributed by atoms with Crippen molar-refractivity contribution in [3.8, 4) is 12.3 Å². The molecule has 0 spiro atoms. The molecule has 2 saturated carbocycles. The number of hydrogen-bond donors (Lipinski definition) is 4. The molecule has 14 amide bonds. The molecule has 42 heteroatoms. The molecule has 0 bridgehead atoms. The van der Waals surface area contributed by atoms with Crippen LogP contribution in [0.25, 0.3) is 31.3 Å². The van der Waals surface area contributed by atoms with Crippen molar-refractivity contribution in [2.45, 2.75) is 143 Å². The fourth-order valence-corrected chi connectivity index (χ4v) is 7.43. The predicted molar refractivity (Wildman–Crippen MR) is 344 cm³/mol. The second-order valence-electron chi connectivity index (χ2n) is 20.7. The summed E-state index contributed by atoms with van der Waals surface area (Å²) in [4.78, 5) is 184. The van der Waals surface area contributed by atoms with Crippen LogP contribution in [0.2, 0.25) is 0 Å². The Labute approximate surface area is 576 Å². The lowest BCUT2D eigenvalue weighted by Gasteiger charge is -2.15. The number of alkyl halides is 5. The molecular formula is C59H84F5N21O16. The summed E-state index contributed by atoms with van der Waals surface area (Å²) in [6, 6.07) is 0. The van der Waals surface area contributed by atoms with Gasteiger partial charge in [0.2, 0.25) is 41.4 Å². The molecular weight excluding hydrogens is 1350 g/mol. The van der Waals surface area contributed by atoms with Gasteiger partial charge in [0.05, 0.1) is 33.0 Å². The molecule has 1 aromatic heterocycles. The number of nitrogens with zero attached hydrogens (tertiary/aromatic N) is 17. The summed E-state index contributed by atoms with van der Waals surface area (Å²) in [6.45, 7) is 6.65. The Morgan fingerprint density at radius 3 is 1.24 bits per heavy atom. The third-order valence-electron chi connectivity index (χ3n) is 13.2. The SMILES string of the molecule is C#CC.C1CCC1.C1CCC1.CC1CC(=O)N(CCC(=O)NCCN=[N+]=[N-])C1=O.CF.CF.Cc1cn(CCNC(=O)CCN2C(=O)CCC2=O)nn1.O=C(CCN1C(=O)C=CC1=O)ON1C(=O)CCC1=O.[N-]=[N+]=NCCNC(=O)C(F)(F)F.[N-]=[N+]=NCCNC(=O)CCN1C(=O)C=CC1=O. The number of rotatable bonds is 25. The quantitative estimate of drug-likeness (QED) is 0.0204. The highest BCUT2D eigenvalue weighted by Gasteiger charge is 2.39. The van der Waals surface area contributed by atoms with E-state index in [0.717, 1.165) is 37.4 Å². The Hall–Kier alpha value is -11.2. The highest BCUT2D eigenvalue weighted by molar-refractivity contribution is 6.13. The van der Waals surface area contributed by atoms with Crippen LogP contribution >= 0.6 is 0 Å². The van der Waals surface area contributed by atoms with Crippen LogP contribution < -0.4 is 21.3 Å². The van der Waals surface area contributed by atoms with Crippen molar-refractivity contribution in [1.29, 1.82) is 0 Å². The van der Waals surface area contributed by atoms with Crippen LogP contribution in [0.4, 0.5) is 22.0 Å². The van der Waals surface area contributed by atoms with Crippen molar-refractivity contribution in [1.82, 2.24) is 60.9 Å². The third kappa shape index (κ3) is 41.0. The molecule has 0 aromatic carbocycles. The number of azide groups is 3. The maximum atomic E-state index is 11.6. The molecule has 7 aliphatic rings. The van der Waals surface area contributed by atoms with Crippen LogP contribution in [0.15, 0.2) is 45.8 Å². The van der Waals surface area contributed by atoms with Gasteiger partial charge in [-0.25, -0.2) is 4.79 Å². The molecule has 8 rings (SSSR count). The van der Waals surface area contributed by atoms with Gasteiger partial charge < -0.3 is 26.1 Å². The predicted octanol–water partition coefficient (Wildman–Crippen LogP) is 3.98. The van der Waals surface area contributed by atoms with Gasteiger partial charge >= 0.3 is 18.1 Å². The van der Waals surface area contributed by atoms with Gasteiger partial charge in [-0.05, 0) is 30.4 Å². The topological polar surface area (TPSA) is 507 Å². The molecule has 37 nitrogen and oxygen atoms in total. The molecule has 101 heavy (non-hydrogen) atoms. The average molecular weight is 1440 g/mol. The molecule has 556 valence electrons. The van der Waals surface area contributed by atoms with E-state index in [9.17, 15) is 93.9 Å². The minimum Gasteiger partial charge on any atom is -0.356 e. The maximum absolute atomic E-state index is 11.6. The van der Waals surface area contributed by atoms with E-state index in [1.165, 1.54) is 68.8 Å². The fourth-order valence-electron chi connectivity index (χ4n) is 7.43. The summed E-state index contributed by atoms with van der Waals surface area (Å²) >= 11 is 0. The number of aryl methyl sites for hydroxylation is 1. The molecule has 1 aromatic rings. The number of hydrogen-bond acceptors (Lipinski definition) is 21. The van der Waals surface area contributed by atoms with E-state index in [4.69, 9.17) is 16.6 Å². The Balaban J connectivity index is 0. The Morgan fingerprint density at radius 1 is 0.554 bits per heavy atom. The molecule has 5 fully saturated rings.